The minimum atomic E-state index is -0.348. The molecule has 0 amide bonds. The van der Waals surface area contributed by atoms with Gasteiger partial charge >= 0.3 is 5.97 Å². The quantitative estimate of drug-likeness (QED) is 0.493. The SMILES string of the molecule is CCOC(=O)c1ccc(N2CCN(Cc3nc(-c4ccccc4OCC)no3)CC2)nc1. The molecule has 0 aliphatic carbocycles. The number of hydrogen-bond acceptors (Lipinski definition) is 9. The highest BCUT2D eigenvalue weighted by Crippen LogP contribution is 2.27. The van der Waals surface area contributed by atoms with Gasteiger partial charge in [0.1, 0.15) is 11.6 Å². The van der Waals surface area contributed by atoms with E-state index in [0.717, 1.165) is 43.3 Å². The summed E-state index contributed by atoms with van der Waals surface area (Å²) in [4.78, 5) is 25.2. The van der Waals surface area contributed by atoms with E-state index in [1.54, 1.807) is 19.2 Å². The molecule has 1 fully saturated rings. The van der Waals surface area contributed by atoms with E-state index in [4.69, 9.17) is 14.0 Å². The van der Waals surface area contributed by atoms with E-state index in [0.29, 0.717) is 37.0 Å². The minimum absolute atomic E-state index is 0.348. The molecule has 4 rings (SSSR count). The van der Waals surface area contributed by atoms with Gasteiger partial charge in [-0.2, -0.15) is 4.98 Å². The number of aromatic nitrogens is 3. The van der Waals surface area contributed by atoms with Crippen LogP contribution in [-0.2, 0) is 11.3 Å². The Morgan fingerprint density at radius 1 is 1.06 bits per heavy atom. The summed E-state index contributed by atoms with van der Waals surface area (Å²) in [6, 6.07) is 11.3. The van der Waals surface area contributed by atoms with Gasteiger partial charge in [-0.3, -0.25) is 4.90 Å². The van der Waals surface area contributed by atoms with Crippen molar-refractivity contribution in [3.63, 3.8) is 0 Å². The highest BCUT2D eigenvalue weighted by molar-refractivity contribution is 5.89. The van der Waals surface area contributed by atoms with Gasteiger partial charge in [0, 0.05) is 32.4 Å². The monoisotopic (exact) mass is 437 g/mol. The van der Waals surface area contributed by atoms with Crippen molar-refractivity contribution in [2.75, 3.05) is 44.3 Å². The molecule has 0 unspecified atom stereocenters. The summed E-state index contributed by atoms with van der Waals surface area (Å²) >= 11 is 0. The van der Waals surface area contributed by atoms with Gasteiger partial charge < -0.3 is 18.9 Å². The first-order chi connectivity index (χ1) is 15.7. The molecular formula is C23H27N5O4. The topological polar surface area (TPSA) is 93.8 Å². The molecule has 3 aromatic rings. The van der Waals surface area contributed by atoms with Crippen LogP contribution in [0, 0.1) is 0 Å². The molecule has 1 aliphatic rings. The number of pyridine rings is 1. The molecule has 9 heteroatoms. The molecule has 0 saturated carbocycles. The van der Waals surface area contributed by atoms with E-state index in [1.807, 2.05) is 37.3 Å². The van der Waals surface area contributed by atoms with Crippen LogP contribution in [0.3, 0.4) is 0 Å². The van der Waals surface area contributed by atoms with E-state index in [-0.39, 0.29) is 5.97 Å². The Morgan fingerprint density at radius 3 is 2.59 bits per heavy atom. The summed E-state index contributed by atoms with van der Waals surface area (Å²) in [6.45, 7) is 8.57. The minimum Gasteiger partial charge on any atom is -0.493 e. The Balaban J connectivity index is 1.33. The van der Waals surface area contributed by atoms with Crippen LogP contribution in [0.5, 0.6) is 5.75 Å². The number of anilines is 1. The standard InChI is InChI=1S/C23H27N5O4/c1-3-30-19-8-6-5-7-18(19)22-25-21(32-26-22)16-27-11-13-28(14-12-27)20-10-9-17(15-24-20)23(29)31-4-2/h5-10,15H,3-4,11-14,16H2,1-2H3. The third kappa shape index (κ3) is 5.05. The van der Waals surface area contributed by atoms with Gasteiger partial charge in [0.2, 0.25) is 11.7 Å². The van der Waals surface area contributed by atoms with Crippen LogP contribution < -0.4 is 9.64 Å². The van der Waals surface area contributed by atoms with Crippen molar-refractivity contribution in [2.45, 2.75) is 20.4 Å². The zero-order valence-electron chi connectivity index (χ0n) is 18.4. The Morgan fingerprint density at radius 2 is 1.88 bits per heavy atom. The number of carbonyl (C=O) groups excluding carboxylic acids is 1. The molecule has 0 atom stereocenters. The zero-order valence-corrected chi connectivity index (χ0v) is 18.4. The maximum atomic E-state index is 11.8. The summed E-state index contributed by atoms with van der Waals surface area (Å²) in [6.07, 6.45) is 1.57. The number of esters is 1. The molecule has 1 aliphatic heterocycles. The average molecular weight is 438 g/mol. The Labute approximate surface area is 187 Å². The molecular weight excluding hydrogens is 410 g/mol. The lowest BCUT2D eigenvalue weighted by Gasteiger charge is -2.34. The number of nitrogens with zero attached hydrogens (tertiary/aromatic N) is 5. The van der Waals surface area contributed by atoms with E-state index in [1.165, 1.54) is 0 Å². The maximum absolute atomic E-state index is 11.8. The first-order valence-corrected chi connectivity index (χ1v) is 10.8. The van der Waals surface area contributed by atoms with Crippen LogP contribution >= 0.6 is 0 Å². The molecule has 9 nitrogen and oxygen atoms in total. The summed E-state index contributed by atoms with van der Waals surface area (Å²) in [5, 5.41) is 4.14. The van der Waals surface area contributed by atoms with Crippen molar-refractivity contribution < 1.29 is 18.8 Å². The normalized spacial score (nSPS) is 14.4. The molecule has 2 aromatic heterocycles. The predicted octanol–water partition coefficient (Wildman–Crippen LogP) is 3.03. The average Bonchev–Trinajstić information content (AvgIpc) is 3.29. The van der Waals surface area contributed by atoms with E-state index in [2.05, 4.69) is 24.9 Å². The number of piperazine rings is 1. The van der Waals surface area contributed by atoms with Gasteiger partial charge in [-0.25, -0.2) is 9.78 Å². The summed E-state index contributed by atoms with van der Waals surface area (Å²) in [5.41, 5.74) is 1.29. The molecule has 1 saturated heterocycles. The molecule has 0 N–H and O–H groups in total. The predicted molar refractivity (Wildman–Crippen MR) is 119 cm³/mol. The van der Waals surface area contributed by atoms with Crippen LogP contribution in [-0.4, -0.2) is 65.4 Å². The Bertz CT molecular complexity index is 1030. The van der Waals surface area contributed by atoms with E-state index in [9.17, 15) is 4.79 Å². The number of benzene rings is 1. The number of carbonyl (C=O) groups is 1. The van der Waals surface area contributed by atoms with Crippen molar-refractivity contribution in [3.8, 4) is 17.1 Å². The van der Waals surface area contributed by atoms with Gasteiger partial charge in [-0.1, -0.05) is 17.3 Å². The fourth-order valence-corrected chi connectivity index (χ4v) is 3.60. The van der Waals surface area contributed by atoms with E-state index >= 15 is 0 Å². The summed E-state index contributed by atoms with van der Waals surface area (Å²) in [7, 11) is 0. The van der Waals surface area contributed by atoms with Crippen molar-refractivity contribution in [1.29, 1.82) is 0 Å². The molecule has 3 heterocycles. The highest BCUT2D eigenvalue weighted by Gasteiger charge is 2.21. The molecule has 1 aromatic carbocycles. The zero-order chi connectivity index (χ0) is 22.3. The van der Waals surface area contributed by atoms with Gasteiger partial charge in [0.15, 0.2) is 0 Å². The summed E-state index contributed by atoms with van der Waals surface area (Å²) in [5.74, 6) is 2.37. The number of rotatable bonds is 8. The van der Waals surface area contributed by atoms with Crippen LogP contribution in [0.15, 0.2) is 47.1 Å². The fourth-order valence-electron chi connectivity index (χ4n) is 3.60. The summed E-state index contributed by atoms with van der Waals surface area (Å²) < 4.78 is 16.2. The first kappa shape index (κ1) is 21.8. The smallest absolute Gasteiger partial charge is 0.339 e. The van der Waals surface area contributed by atoms with Gasteiger partial charge in [0.05, 0.1) is 30.9 Å². The fraction of sp³-hybridized carbons (Fsp3) is 0.391. The second-order valence-corrected chi connectivity index (χ2v) is 7.33. The van der Waals surface area contributed by atoms with Crippen LogP contribution in [0.25, 0.3) is 11.4 Å². The number of ether oxygens (including phenoxy) is 2. The van der Waals surface area contributed by atoms with Gasteiger partial charge in [-0.15, -0.1) is 0 Å². The largest absolute Gasteiger partial charge is 0.493 e. The molecule has 0 spiro atoms. The molecule has 0 bridgehead atoms. The van der Waals surface area contributed by atoms with Crippen LogP contribution in [0.1, 0.15) is 30.1 Å². The third-order valence-electron chi connectivity index (χ3n) is 5.21. The molecule has 0 radical (unpaired) electrons. The lowest BCUT2D eigenvalue weighted by atomic mass is 10.2. The molecule has 168 valence electrons. The van der Waals surface area contributed by atoms with Crippen LogP contribution in [0.4, 0.5) is 5.82 Å². The van der Waals surface area contributed by atoms with E-state index < -0.39 is 0 Å². The van der Waals surface area contributed by atoms with Crippen molar-refractivity contribution in [3.05, 3.63) is 54.0 Å². The number of para-hydroxylation sites is 1. The Kier molecular flexibility index (Phi) is 6.96. The van der Waals surface area contributed by atoms with Gasteiger partial charge in [-0.05, 0) is 38.1 Å². The Hall–Kier alpha value is -3.46. The maximum Gasteiger partial charge on any atom is 0.339 e. The van der Waals surface area contributed by atoms with Crippen LogP contribution in [0.2, 0.25) is 0 Å². The highest BCUT2D eigenvalue weighted by atomic mass is 16.5. The first-order valence-electron chi connectivity index (χ1n) is 10.8. The van der Waals surface area contributed by atoms with Crippen molar-refractivity contribution >= 4 is 11.8 Å². The lowest BCUT2D eigenvalue weighted by Crippen LogP contribution is -2.46. The second kappa shape index (κ2) is 10.2. The lowest BCUT2D eigenvalue weighted by molar-refractivity contribution is 0.0526. The third-order valence-corrected chi connectivity index (χ3v) is 5.21. The van der Waals surface area contributed by atoms with Crippen molar-refractivity contribution in [2.24, 2.45) is 0 Å². The second-order valence-electron chi connectivity index (χ2n) is 7.33. The number of hydrogen-bond donors (Lipinski definition) is 0. The molecule has 32 heavy (non-hydrogen) atoms. The van der Waals surface area contributed by atoms with Crippen molar-refractivity contribution in [1.82, 2.24) is 20.0 Å². The van der Waals surface area contributed by atoms with Gasteiger partial charge in [0.25, 0.3) is 0 Å².